The molecule has 0 fully saturated rings. The van der Waals surface area contributed by atoms with Gasteiger partial charge in [0.1, 0.15) is 5.58 Å². The summed E-state index contributed by atoms with van der Waals surface area (Å²) in [5, 5.41) is 4.56. The van der Waals surface area contributed by atoms with E-state index in [-0.39, 0.29) is 12.3 Å². The molecular weight excluding hydrogens is 389 g/mol. The minimum absolute atomic E-state index is 0.152. The Kier molecular flexibility index (Phi) is 4.43. The Morgan fingerprint density at radius 3 is 2.73 bits per heavy atom. The fourth-order valence-corrected chi connectivity index (χ4v) is 2.80. The molecule has 6 heteroatoms. The van der Waals surface area contributed by atoms with Gasteiger partial charge in [0, 0.05) is 21.1 Å². The Labute approximate surface area is 145 Å². The summed E-state index contributed by atoms with van der Waals surface area (Å²) < 4.78 is 6.39. The second kappa shape index (κ2) is 6.32. The van der Waals surface area contributed by atoms with Gasteiger partial charge in [-0.2, -0.15) is 0 Å². The molecule has 0 atom stereocenters. The molecule has 0 aliphatic carbocycles. The number of rotatable bonds is 3. The predicted molar refractivity (Wildman–Crippen MR) is 92.7 cm³/mol. The summed E-state index contributed by atoms with van der Waals surface area (Å²) in [6, 6.07) is 10.7. The molecule has 0 saturated heterocycles. The van der Waals surface area contributed by atoms with Gasteiger partial charge in [-0.1, -0.05) is 39.1 Å². The van der Waals surface area contributed by atoms with Gasteiger partial charge in [0.05, 0.1) is 22.7 Å². The molecule has 1 heterocycles. The first-order valence-corrected chi connectivity index (χ1v) is 7.98. The maximum absolute atomic E-state index is 12.2. The van der Waals surface area contributed by atoms with Crippen LogP contribution in [-0.4, -0.2) is 5.91 Å². The van der Waals surface area contributed by atoms with Gasteiger partial charge in [0.15, 0.2) is 0 Å². The maximum Gasteiger partial charge on any atom is 0.228 e. The van der Waals surface area contributed by atoms with E-state index in [1.165, 1.54) is 0 Å². The van der Waals surface area contributed by atoms with E-state index in [2.05, 4.69) is 21.2 Å². The van der Waals surface area contributed by atoms with E-state index in [0.29, 0.717) is 15.7 Å². The van der Waals surface area contributed by atoms with E-state index >= 15 is 0 Å². The van der Waals surface area contributed by atoms with Crippen LogP contribution in [0.4, 0.5) is 5.69 Å². The Morgan fingerprint density at radius 1 is 1.14 bits per heavy atom. The van der Waals surface area contributed by atoms with Gasteiger partial charge in [-0.15, -0.1) is 0 Å². The molecule has 3 rings (SSSR count). The van der Waals surface area contributed by atoms with Crippen LogP contribution in [-0.2, 0) is 11.2 Å². The lowest BCUT2D eigenvalue weighted by Gasteiger charge is -2.06. The summed E-state index contributed by atoms with van der Waals surface area (Å²) in [5.74, 6) is -0.152. The number of benzene rings is 2. The highest BCUT2D eigenvalue weighted by Gasteiger charge is 2.11. The largest absolute Gasteiger partial charge is 0.464 e. The van der Waals surface area contributed by atoms with Crippen molar-refractivity contribution >= 4 is 61.7 Å². The number of hydrogen-bond donors (Lipinski definition) is 1. The van der Waals surface area contributed by atoms with Crippen LogP contribution in [0.25, 0.3) is 11.0 Å². The highest BCUT2D eigenvalue weighted by Crippen LogP contribution is 2.27. The number of furan rings is 1. The molecule has 0 spiro atoms. The molecule has 0 bridgehead atoms. The Balaban J connectivity index is 1.78. The summed E-state index contributed by atoms with van der Waals surface area (Å²) in [5.41, 5.74) is 2.18. The smallest absolute Gasteiger partial charge is 0.228 e. The van der Waals surface area contributed by atoms with Crippen molar-refractivity contribution < 1.29 is 9.21 Å². The summed E-state index contributed by atoms with van der Waals surface area (Å²) >= 11 is 15.2. The van der Waals surface area contributed by atoms with Gasteiger partial charge in [-0.05, 0) is 36.4 Å². The number of nitrogens with one attached hydrogen (secondary N) is 1. The van der Waals surface area contributed by atoms with E-state index in [9.17, 15) is 4.79 Å². The van der Waals surface area contributed by atoms with Gasteiger partial charge in [-0.3, -0.25) is 4.79 Å². The number of carbonyl (C=O) groups excluding carboxylic acids is 1. The van der Waals surface area contributed by atoms with Crippen LogP contribution in [0.3, 0.4) is 0 Å². The normalized spacial score (nSPS) is 10.9. The SMILES string of the molecule is O=C(Cc1coc2ccc(Br)cc12)Nc1ccc(Cl)c(Cl)c1. The quantitative estimate of drug-likeness (QED) is 0.616. The molecule has 0 radical (unpaired) electrons. The first-order valence-electron chi connectivity index (χ1n) is 6.43. The van der Waals surface area contributed by atoms with Crippen LogP contribution < -0.4 is 5.32 Å². The average Bonchev–Trinajstić information content (AvgIpc) is 2.85. The molecule has 0 aliphatic rings. The minimum Gasteiger partial charge on any atom is -0.464 e. The molecule has 3 nitrogen and oxygen atoms in total. The van der Waals surface area contributed by atoms with Crippen LogP contribution in [0.1, 0.15) is 5.56 Å². The molecule has 1 N–H and O–H groups in total. The number of carbonyl (C=O) groups is 1. The number of amides is 1. The lowest BCUT2D eigenvalue weighted by atomic mass is 10.1. The lowest BCUT2D eigenvalue weighted by Crippen LogP contribution is -2.14. The number of anilines is 1. The van der Waals surface area contributed by atoms with Crippen molar-refractivity contribution in [3.05, 3.63) is 62.7 Å². The molecule has 1 aromatic heterocycles. The van der Waals surface area contributed by atoms with Crippen molar-refractivity contribution in [1.29, 1.82) is 0 Å². The zero-order valence-electron chi connectivity index (χ0n) is 11.2. The molecule has 0 unspecified atom stereocenters. The summed E-state index contributed by atoms with van der Waals surface area (Å²) in [4.78, 5) is 12.2. The second-order valence-electron chi connectivity index (χ2n) is 4.76. The van der Waals surface area contributed by atoms with E-state index in [0.717, 1.165) is 21.0 Å². The van der Waals surface area contributed by atoms with Gasteiger partial charge < -0.3 is 9.73 Å². The third-order valence-electron chi connectivity index (χ3n) is 3.17. The number of halogens is 3. The fraction of sp³-hybridized carbons (Fsp3) is 0.0625. The third kappa shape index (κ3) is 3.29. The summed E-state index contributed by atoms with van der Waals surface area (Å²) in [6.07, 6.45) is 1.81. The van der Waals surface area contributed by atoms with Crippen LogP contribution in [0.5, 0.6) is 0 Å². The first kappa shape index (κ1) is 15.4. The fourth-order valence-electron chi connectivity index (χ4n) is 2.14. The molecule has 22 heavy (non-hydrogen) atoms. The lowest BCUT2D eigenvalue weighted by molar-refractivity contribution is -0.115. The van der Waals surface area contributed by atoms with Crippen LogP contribution in [0.15, 0.2) is 51.6 Å². The molecule has 3 aromatic rings. The highest BCUT2D eigenvalue weighted by molar-refractivity contribution is 9.10. The van der Waals surface area contributed by atoms with Gasteiger partial charge in [0.2, 0.25) is 5.91 Å². The first-order chi connectivity index (χ1) is 10.5. The van der Waals surface area contributed by atoms with Crippen molar-refractivity contribution in [1.82, 2.24) is 0 Å². The molecule has 2 aromatic carbocycles. The minimum atomic E-state index is -0.152. The Bertz CT molecular complexity index is 860. The zero-order valence-corrected chi connectivity index (χ0v) is 14.3. The van der Waals surface area contributed by atoms with Crippen LogP contribution in [0.2, 0.25) is 10.0 Å². The topological polar surface area (TPSA) is 42.2 Å². The van der Waals surface area contributed by atoms with Gasteiger partial charge in [0.25, 0.3) is 0 Å². The van der Waals surface area contributed by atoms with E-state index in [1.54, 1.807) is 24.5 Å². The molecule has 1 amide bonds. The molecule has 0 aliphatic heterocycles. The van der Waals surface area contributed by atoms with Gasteiger partial charge in [-0.25, -0.2) is 0 Å². The Morgan fingerprint density at radius 2 is 1.95 bits per heavy atom. The number of hydrogen-bond acceptors (Lipinski definition) is 2. The third-order valence-corrected chi connectivity index (χ3v) is 4.40. The van der Waals surface area contributed by atoms with Crippen molar-refractivity contribution in [3.63, 3.8) is 0 Å². The zero-order chi connectivity index (χ0) is 15.7. The van der Waals surface area contributed by atoms with E-state index in [4.69, 9.17) is 27.6 Å². The predicted octanol–water partition coefficient (Wildman–Crippen LogP) is 5.68. The van der Waals surface area contributed by atoms with E-state index < -0.39 is 0 Å². The standard InChI is InChI=1S/C16H10BrCl2NO2/c17-10-1-4-15-12(6-10)9(8-22-15)5-16(21)20-11-2-3-13(18)14(19)7-11/h1-4,6-8H,5H2,(H,20,21). The molecular formula is C16H10BrCl2NO2. The monoisotopic (exact) mass is 397 g/mol. The number of fused-ring (bicyclic) bond motifs is 1. The summed E-state index contributed by atoms with van der Waals surface area (Å²) in [7, 11) is 0. The Hall–Kier alpha value is -1.49. The van der Waals surface area contributed by atoms with Crippen molar-refractivity contribution in [3.8, 4) is 0 Å². The van der Waals surface area contributed by atoms with Gasteiger partial charge >= 0.3 is 0 Å². The van der Waals surface area contributed by atoms with E-state index in [1.807, 2.05) is 18.2 Å². The van der Waals surface area contributed by atoms with Crippen molar-refractivity contribution in [2.24, 2.45) is 0 Å². The maximum atomic E-state index is 12.2. The average molecular weight is 399 g/mol. The van der Waals surface area contributed by atoms with Crippen molar-refractivity contribution in [2.75, 3.05) is 5.32 Å². The van der Waals surface area contributed by atoms with Crippen LogP contribution in [0, 0.1) is 0 Å². The van der Waals surface area contributed by atoms with Crippen molar-refractivity contribution in [2.45, 2.75) is 6.42 Å². The molecule has 0 saturated carbocycles. The van der Waals surface area contributed by atoms with Crippen LogP contribution >= 0.6 is 39.1 Å². The molecule has 112 valence electrons. The second-order valence-corrected chi connectivity index (χ2v) is 6.49. The highest BCUT2D eigenvalue weighted by atomic mass is 79.9. The summed E-state index contributed by atoms with van der Waals surface area (Å²) in [6.45, 7) is 0.